The van der Waals surface area contributed by atoms with E-state index in [1.807, 2.05) is 21.1 Å². The van der Waals surface area contributed by atoms with E-state index in [9.17, 15) is 19.4 Å². The number of phosphoric acid groups is 1. The van der Waals surface area contributed by atoms with Crippen LogP contribution >= 0.6 is 7.82 Å². The standard InChI is InChI=1S/C47H95N2O6P/c1-6-8-10-12-14-16-18-19-20-21-22-23-24-25-26-27-28-29-30-31-32-34-36-38-40-46(50)45(44-55-56(52,53)54-43-42-49(3,4)5)48-47(51)41-39-37-35-33-17-15-13-11-9-7-2/h13,15,45-46,50H,6-12,14,16-44H2,1-5H3,(H-,48,51,52,53)/b15-13-. The van der Waals surface area contributed by atoms with Crippen LogP contribution in [0.25, 0.3) is 0 Å². The number of aliphatic hydroxyl groups excluding tert-OH is 1. The second-order valence-corrected chi connectivity index (χ2v) is 19.2. The van der Waals surface area contributed by atoms with Crippen LogP contribution in [0, 0.1) is 0 Å². The second-order valence-electron chi connectivity index (χ2n) is 17.8. The molecule has 0 saturated heterocycles. The van der Waals surface area contributed by atoms with Crippen LogP contribution in [0.2, 0.25) is 0 Å². The Morgan fingerprint density at radius 3 is 1.45 bits per heavy atom. The van der Waals surface area contributed by atoms with Crippen LogP contribution in [0.15, 0.2) is 12.2 Å². The van der Waals surface area contributed by atoms with Gasteiger partial charge in [0.15, 0.2) is 0 Å². The molecule has 0 aliphatic carbocycles. The van der Waals surface area contributed by atoms with Crippen molar-refractivity contribution in [2.45, 2.75) is 244 Å². The van der Waals surface area contributed by atoms with Crippen LogP contribution in [0.3, 0.4) is 0 Å². The number of carbonyl (C=O) groups is 1. The number of aliphatic hydroxyl groups is 1. The summed E-state index contributed by atoms with van der Waals surface area (Å²) in [6.07, 6.45) is 45.2. The molecule has 0 aliphatic rings. The number of unbranched alkanes of at least 4 members (excludes halogenated alkanes) is 29. The Balaban J connectivity index is 4.14. The summed E-state index contributed by atoms with van der Waals surface area (Å²) >= 11 is 0. The zero-order valence-electron chi connectivity index (χ0n) is 37.9. The number of nitrogens with zero attached hydrogens (tertiary/aromatic N) is 1. The molecule has 8 nitrogen and oxygen atoms in total. The lowest BCUT2D eigenvalue weighted by Gasteiger charge is -2.30. The van der Waals surface area contributed by atoms with Gasteiger partial charge in [0.1, 0.15) is 13.2 Å². The van der Waals surface area contributed by atoms with E-state index in [1.165, 1.54) is 148 Å². The van der Waals surface area contributed by atoms with Crippen molar-refractivity contribution in [2.75, 3.05) is 40.9 Å². The summed E-state index contributed by atoms with van der Waals surface area (Å²) in [6, 6.07) is -0.801. The van der Waals surface area contributed by atoms with Gasteiger partial charge in [0.2, 0.25) is 5.91 Å². The van der Waals surface area contributed by atoms with Crippen molar-refractivity contribution >= 4 is 13.7 Å². The molecular weight excluding hydrogens is 719 g/mol. The average Bonchev–Trinajstić information content (AvgIpc) is 3.15. The second kappa shape index (κ2) is 39.7. The van der Waals surface area contributed by atoms with Crippen LogP contribution in [0.1, 0.15) is 232 Å². The number of quaternary nitrogens is 1. The van der Waals surface area contributed by atoms with E-state index in [0.717, 1.165) is 57.8 Å². The van der Waals surface area contributed by atoms with Crippen molar-refractivity contribution in [1.82, 2.24) is 5.32 Å². The van der Waals surface area contributed by atoms with Crippen LogP contribution in [-0.2, 0) is 18.4 Å². The molecule has 0 rings (SSSR count). The van der Waals surface area contributed by atoms with E-state index in [-0.39, 0.29) is 19.1 Å². The van der Waals surface area contributed by atoms with E-state index < -0.39 is 20.0 Å². The lowest BCUT2D eigenvalue weighted by molar-refractivity contribution is -0.870. The first-order valence-electron chi connectivity index (χ1n) is 24.0. The Hall–Kier alpha value is -0.760. The van der Waals surface area contributed by atoms with Gasteiger partial charge < -0.3 is 28.8 Å². The van der Waals surface area contributed by atoms with Crippen molar-refractivity contribution in [3.05, 3.63) is 12.2 Å². The molecule has 0 fully saturated rings. The third kappa shape index (κ3) is 41.4. The largest absolute Gasteiger partial charge is 0.756 e. The molecule has 0 aliphatic heterocycles. The summed E-state index contributed by atoms with van der Waals surface area (Å²) in [6.45, 7) is 4.68. The minimum Gasteiger partial charge on any atom is -0.756 e. The van der Waals surface area contributed by atoms with Crippen molar-refractivity contribution < 1.29 is 32.9 Å². The zero-order chi connectivity index (χ0) is 41.4. The minimum absolute atomic E-state index is 0.0118. The van der Waals surface area contributed by atoms with E-state index in [0.29, 0.717) is 23.9 Å². The summed E-state index contributed by atoms with van der Waals surface area (Å²) in [5.41, 5.74) is 0. The Labute approximate surface area is 348 Å². The van der Waals surface area contributed by atoms with Gasteiger partial charge in [0.05, 0.1) is 39.9 Å². The smallest absolute Gasteiger partial charge is 0.268 e. The number of amides is 1. The fourth-order valence-corrected chi connectivity index (χ4v) is 7.86. The van der Waals surface area contributed by atoms with Crippen molar-refractivity contribution in [1.29, 1.82) is 0 Å². The van der Waals surface area contributed by atoms with Gasteiger partial charge >= 0.3 is 0 Å². The molecule has 2 N–H and O–H groups in total. The molecule has 334 valence electrons. The maximum absolute atomic E-state index is 12.8. The van der Waals surface area contributed by atoms with Gasteiger partial charge in [-0.05, 0) is 32.1 Å². The Kier molecular flexibility index (Phi) is 39.1. The van der Waals surface area contributed by atoms with Gasteiger partial charge in [0.25, 0.3) is 7.82 Å². The van der Waals surface area contributed by atoms with E-state index in [2.05, 4.69) is 31.3 Å². The third-order valence-corrected chi connectivity index (χ3v) is 12.0. The van der Waals surface area contributed by atoms with Gasteiger partial charge in [-0.2, -0.15) is 0 Å². The highest BCUT2D eigenvalue weighted by molar-refractivity contribution is 7.45. The first-order valence-corrected chi connectivity index (χ1v) is 25.5. The lowest BCUT2D eigenvalue weighted by atomic mass is 10.0. The summed E-state index contributed by atoms with van der Waals surface area (Å²) in [4.78, 5) is 25.3. The van der Waals surface area contributed by atoms with Crippen LogP contribution in [0.5, 0.6) is 0 Å². The molecule has 0 spiro atoms. The Morgan fingerprint density at radius 2 is 1.00 bits per heavy atom. The van der Waals surface area contributed by atoms with Gasteiger partial charge in [-0.3, -0.25) is 9.36 Å². The molecule has 3 unspecified atom stereocenters. The molecule has 9 heteroatoms. The first kappa shape index (κ1) is 55.2. The normalized spacial score (nSPS) is 14.3. The highest BCUT2D eigenvalue weighted by atomic mass is 31.2. The molecule has 0 bridgehead atoms. The van der Waals surface area contributed by atoms with Gasteiger partial charge in [-0.15, -0.1) is 0 Å². The molecule has 0 heterocycles. The van der Waals surface area contributed by atoms with Crippen molar-refractivity contribution in [3.8, 4) is 0 Å². The fraction of sp³-hybridized carbons (Fsp3) is 0.936. The predicted molar refractivity (Wildman–Crippen MR) is 238 cm³/mol. The van der Waals surface area contributed by atoms with Crippen LogP contribution in [-0.4, -0.2) is 68.5 Å². The lowest BCUT2D eigenvalue weighted by Crippen LogP contribution is -2.46. The topological polar surface area (TPSA) is 108 Å². The number of nitrogens with one attached hydrogen (secondary N) is 1. The monoisotopic (exact) mass is 815 g/mol. The first-order chi connectivity index (χ1) is 27.0. The molecule has 1 amide bonds. The van der Waals surface area contributed by atoms with Gasteiger partial charge in [-0.1, -0.05) is 206 Å². The van der Waals surface area contributed by atoms with E-state index >= 15 is 0 Å². The number of phosphoric ester groups is 1. The quantitative estimate of drug-likeness (QED) is 0.0274. The summed E-state index contributed by atoms with van der Waals surface area (Å²) in [5.74, 6) is -0.177. The van der Waals surface area contributed by atoms with Crippen molar-refractivity contribution in [3.63, 3.8) is 0 Å². The highest BCUT2D eigenvalue weighted by Gasteiger charge is 2.24. The number of hydrogen-bond donors (Lipinski definition) is 2. The maximum atomic E-state index is 12.8. The van der Waals surface area contributed by atoms with Gasteiger partial charge in [0, 0.05) is 6.42 Å². The molecular formula is C47H95N2O6P. The van der Waals surface area contributed by atoms with Crippen LogP contribution < -0.4 is 10.2 Å². The van der Waals surface area contributed by atoms with E-state index in [4.69, 9.17) is 9.05 Å². The SMILES string of the molecule is CCCC/C=C\CCCCCCC(=O)NC(COP(=O)([O-])OCC[N+](C)(C)C)C(O)CCCCCCCCCCCCCCCCCCCCCCCCCC. The van der Waals surface area contributed by atoms with E-state index in [1.54, 1.807) is 0 Å². The van der Waals surface area contributed by atoms with Gasteiger partial charge in [-0.25, -0.2) is 0 Å². The molecule has 0 saturated carbocycles. The number of likely N-dealkylation sites (N-methyl/N-ethyl adjacent to an activating group) is 1. The summed E-state index contributed by atoms with van der Waals surface area (Å²) < 4.78 is 23.2. The van der Waals surface area contributed by atoms with Crippen molar-refractivity contribution in [2.24, 2.45) is 0 Å². The molecule has 0 radical (unpaired) electrons. The summed E-state index contributed by atoms with van der Waals surface area (Å²) in [5, 5.41) is 13.9. The Bertz CT molecular complexity index is 927. The minimum atomic E-state index is -4.56. The third-order valence-electron chi connectivity index (χ3n) is 11.0. The zero-order valence-corrected chi connectivity index (χ0v) is 38.7. The average molecular weight is 815 g/mol. The number of allylic oxidation sites excluding steroid dienone is 2. The fourth-order valence-electron chi connectivity index (χ4n) is 7.14. The number of rotatable bonds is 44. The number of hydrogen-bond acceptors (Lipinski definition) is 6. The molecule has 56 heavy (non-hydrogen) atoms. The molecule has 0 aromatic carbocycles. The molecule has 0 aromatic rings. The molecule has 3 atom stereocenters. The maximum Gasteiger partial charge on any atom is 0.268 e. The predicted octanol–water partition coefficient (Wildman–Crippen LogP) is 12.9. The molecule has 0 aromatic heterocycles. The number of carbonyl (C=O) groups excluding carboxylic acids is 1. The summed E-state index contributed by atoms with van der Waals surface area (Å²) in [7, 11) is 1.30. The van der Waals surface area contributed by atoms with Crippen LogP contribution in [0.4, 0.5) is 0 Å². The Morgan fingerprint density at radius 1 is 0.607 bits per heavy atom. The highest BCUT2D eigenvalue weighted by Crippen LogP contribution is 2.38.